The summed E-state index contributed by atoms with van der Waals surface area (Å²) in [4.78, 5) is 11.6. The van der Waals surface area contributed by atoms with Crippen LogP contribution in [0.5, 0.6) is 5.88 Å². The lowest BCUT2D eigenvalue weighted by atomic mass is 10.1. The molecule has 17 heavy (non-hydrogen) atoms. The fourth-order valence-corrected chi connectivity index (χ4v) is 1.58. The molecule has 88 valence electrons. The average Bonchev–Trinajstić information content (AvgIpc) is 2.27. The van der Waals surface area contributed by atoms with Gasteiger partial charge < -0.3 is 5.11 Å². The molecule has 0 aliphatic heterocycles. The summed E-state index contributed by atoms with van der Waals surface area (Å²) in [7, 11) is 0. The highest BCUT2D eigenvalue weighted by atomic mass is 19.1. The number of rotatable bonds is 3. The molecule has 4 nitrogen and oxygen atoms in total. The predicted molar refractivity (Wildman–Crippen MR) is 60.0 cm³/mol. The van der Waals surface area contributed by atoms with E-state index in [4.69, 9.17) is 0 Å². The summed E-state index contributed by atoms with van der Waals surface area (Å²) in [6.45, 7) is 1.77. The van der Waals surface area contributed by atoms with Crippen molar-refractivity contribution < 1.29 is 9.50 Å². The Morgan fingerprint density at radius 1 is 1.29 bits per heavy atom. The topological polar surface area (TPSA) is 58.9 Å². The van der Waals surface area contributed by atoms with Crippen LogP contribution in [0.25, 0.3) is 0 Å². The molecule has 0 aliphatic rings. The van der Waals surface area contributed by atoms with Gasteiger partial charge >= 0.3 is 0 Å². The minimum absolute atomic E-state index is 0.0563. The molecule has 0 bridgehead atoms. The van der Waals surface area contributed by atoms with Crippen molar-refractivity contribution >= 4 is 0 Å². The minimum atomic E-state index is -0.468. The van der Waals surface area contributed by atoms with Gasteiger partial charge in [-0.3, -0.25) is 0 Å². The van der Waals surface area contributed by atoms with E-state index in [-0.39, 0.29) is 5.88 Å². The molecule has 5 heteroatoms. The van der Waals surface area contributed by atoms with Crippen LogP contribution < -0.4 is 0 Å². The highest BCUT2D eigenvalue weighted by molar-refractivity contribution is 5.16. The number of halogens is 1. The lowest BCUT2D eigenvalue weighted by molar-refractivity contribution is 0.447. The largest absolute Gasteiger partial charge is 0.493 e. The van der Waals surface area contributed by atoms with Gasteiger partial charge in [-0.1, -0.05) is 6.07 Å². The molecular weight excluding hydrogens is 221 g/mol. The molecule has 0 spiro atoms. The van der Waals surface area contributed by atoms with Gasteiger partial charge in [0.1, 0.15) is 5.82 Å². The van der Waals surface area contributed by atoms with E-state index in [9.17, 15) is 9.50 Å². The number of aromatic nitrogens is 3. The summed E-state index contributed by atoms with van der Waals surface area (Å²) < 4.78 is 13.2. The van der Waals surface area contributed by atoms with Crippen molar-refractivity contribution in [3.05, 3.63) is 47.4 Å². The molecular formula is C12H12FN3O. The first kappa shape index (κ1) is 11.4. The van der Waals surface area contributed by atoms with Crippen molar-refractivity contribution in [2.75, 3.05) is 0 Å². The van der Waals surface area contributed by atoms with Crippen molar-refractivity contribution in [2.45, 2.75) is 19.8 Å². The molecule has 0 saturated heterocycles. The molecule has 0 amide bonds. The van der Waals surface area contributed by atoms with Crippen molar-refractivity contribution in [1.29, 1.82) is 0 Å². The Labute approximate surface area is 98.2 Å². The Kier molecular flexibility index (Phi) is 3.27. The van der Waals surface area contributed by atoms with Crippen LogP contribution in [0, 0.1) is 12.9 Å². The number of hydrogen-bond acceptors (Lipinski definition) is 4. The van der Waals surface area contributed by atoms with Gasteiger partial charge in [0.25, 0.3) is 0 Å². The van der Waals surface area contributed by atoms with E-state index in [0.29, 0.717) is 29.9 Å². The van der Waals surface area contributed by atoms with Crippen molar-refractivity contribution in [1.82, 2.24) is 15.0 Å². The summed E-state index contributed by atoms with van der Waals surface area (Å²) in [5, 5.41) is 9.31. The highest BCUT2D eigenvalue weighted by Crippen LogP contribution is 2.10. The third kappa shape index (κ3) is 2.96. The Bertz CT molecular complexity index is 511. The molecule has 0 fully saturated rings. The van der Waals surface area contributed by atoms with Crippen LogP contribution in [-0.2, 0) is 12.8 Å². The average molecular weight is 233 g/mol. The molecule has 2 aromatic heterocycles. The van der Waals surface area contributed by atoms with Crippen LogP contribution in [0.15, 0.2) is 24.4 Å². The maximum atomic E-state index is 13.2. The Morgan fingerprint density at radius 2 is 2.12 bits per heavy atom. The highest BCUT2D eigenvalue weighted by Gasteiger charge is 2.05. The van der Waals surface area contributed by atoms with E-state index < -0.39 is 5.95 Å². The van der Waals surface area contributed by atoms with E-state index in [1.54, 1.807) is 19.1 Å². The van der Waals surface area contributed by atoms with Crippen LogP contribution in [0.1, 0.15) is 17.1 Å². The van der Waals surface area contributed by atoms with Gasteiger partial charge in [-0.25, -0.2) is 9.97 Å². The fraction of sp³-hybridized carbons (Fsp3) is 0.250. The third-order valence-corrected chi connectivity index (χ3v) is 2.34. The lowest BCUT2D eigenvalue weighted by Crippen LogP contribution is -2.01. The SMILES string of the molecule is Cc1cc(O)nc(CCc2cccnc2F)n1. The van der Waals surface area contributed by atoms with Crippen LogP contribution in [0.3, 0.4) is 0 Å². The van der Waals surface area contributed by atoms with E-state index in [0.717, 1.165) is 0 Å². The Hall–Kier alpha value is -2.04. The first-order valence-corrected chi connectivity index (χ1v) is 5.28. The van der Waals surface area contributed by atoms with Crippen molar-refractivity contribution in [3.8, 4) is 5.88 Å². The summed E-state index contributed by atoms with van der Waals surface area (Å²) in [6.07, 6.45) is 2.34. The quantitative estimate of drug-likeness (QED) is 0.821. The van der Waals surface area contributed by atoms with Gasteiger partial charge in [0.15, 0.2) is 0 Å². The van der Waals surface area contributed by atoms with Crippen LogP contribution >= 0.6 is 0 Å². The van der Waals surface area contributed by atoms with E-state index >= 15 is 0 Å². The molecule has 0 saturated carbocycles. The number of aryl methyl sites for hydroxylation is 3. The maximum absolute atomic E-state index is 13.2. The zero-order chi connectivity index (χ0) is 12.3. The number of hydrogen-bond donors (Lipinski definition) is 1. The van der Waals surface area contributed by atoms with Gasteiger partial charge in [0.2, 0.25) is 11.8 Å². The number of pyridine rings is 1. The molecule has 0 aliphatic carbocycles. The second kappa shape index (κ2) is 4.86. The Balaban J connectivity index is 2.10. The maximum Gasteiger partial charge on any atom is 0.216 e. The summed E-state index contributed by atoms with van der Waals surface area (Å²) in [5.74, 6) is -0.0192. The zero-order valence-corrected chi connectivity index (χ0v) is 9.39. The van der Waals surface area contributed by atoms with E-state index in [2.05, 4.69) is 15.0 Å². The smallest absolute Gasteiger partial charge is 0.216 e. The third-order valence-electron chi connectivity index (χ3n) is 2.34. The van der Waals surface area contributed by atoms with Crippen molar-refractivity contribution in [3.63, 3.8) is 0 Å². The minimum Gasteiger partial charge on any atom is -0.493 e. The fourth-order valence-electron chi connectivity index (χ4n) is 1.58. The van der Waals surface area contributed by atoms with Crippen LogP contribution in [0.4, 0.5) is 4.39 Å². The molecule has 1 N–H and O–H groups in total. The van der Waals surface area contributed by atoms with Crippen molar-refractivity contribution in [2.24, 2.45) is 0 Å². The van der Waals surface area contributed by atoms with Crippen LogP contribution in [-0.4, -0.2) is 20.1 Å². The first-order valence-electron chi connectivity index (χ1n) is 5.28. The van der Waals surface area contributed by atoms with E-state index in [1.807, 2.05) is 0 Å². The van der Waals surface area contributed by atoms with Gasteiger partial charge in [-0.15, -0.1) is 0 Å². The monoisotopic (exact) mass is 233 g/mol. The number of nitrogens with zero attached hydrogens (tertiary/aromatic N) is 3. The number of aromatic hydroxyl groups is 1. The summed E-state index contributed by atoms with van der Waals surface area (Å²) in [6, 6.07) is 4.85. The molecule has 2 rings (SSSR count). The summed E-state index contributed by atoms with van der Waals surface area (Å²) >= 11 is 0. The zero-order valence-electron chi connectivity index (χ0n) is 9.39. The van der Waals surface area contributed by atoms with Crippen LogP contribution in [0.2, 0.25) is 0 Å². The molecule has 0 unspecified atom stereocenters. The lowest BCUT2D eigenvalue weighted by Gasteiger charge is -2.03. The standard InChI is InChI=1S/C12H12FN3O/c1-8-7-11(17)16-10(15-8)5-4-9-3-2-6-14-12(9)13/h2-3,6-7H,4-5H2,1H3,(H,15,16,17). The predicted octanol–water partition coefficient (Wildman–Crippen LogP) is 1.81. The molecule has 0 atom stereocenters. The van der Waals surface area contributed by atoms with Gasteiger partial charge in [-0.05, 0) is 19.4 Å². The molecule has 2 aromatic rings. The second-order valence-corrected chi connectivity index (χ2v) is 3.74. The first-order chi connectivity index (χ1) is 8.15. The normalized spacial score (nSPS) is 10.5. The Morgan fingerprint density at radius 3 is 2.82 bits per heavy atom. The van der Waals surface area contributed by atoms with Gasteiger partial charge in [-0.2, -0.15) is 9.37 Å². The van der Waals surface area contributed by atoms with Gasteiger partial charge in [0.05, 0.1) is 0 Å². The van der Waals surface area contributed by atoms with E-state index in [1.165, 1.54) is 12.3 Å². The second-order valence-electron chi connectivity index (χ2n) is 3.74. The van der Waals surface area contributed by atoms with Gasteiger partial charge in [0, 0.05) is 29.9 Å². The molecule has 0 aromatic carbocycles. The summed E-state index contributed by atoms with van der Waals surface area (Å²) in [5.41, 5.74) is 1.22. The molecule has 0 radical (unpaired) electrons. The molecule has 2 heterocycles.